The molecular weight excluding hydrogens is 459 g/mol. The van der Waals surface area contributed by atoms with Crippen LogP contribution in [0.5, 0.6) is 0 Å². The third-order valence-corrected chi connectivity index (χ3v) is 5.47. The SMILES string of the molecule is CN=C(NCCCn1nc(C)cc1C)N1CCN(c2cccs2)CC1.I. The average Bonchev–Trinajstić information content (AvgIpc) is 3.25. The van der Waals surface area contributed by atoms with Gasteiger partial charge in [0, 0.05) is 52.0 Å². The molecule has 1 fully saturated rings. The minimum atomic E-state index is 0. The van der Waals surface area contributed by atoms with Gasteiger partial charge in [-0.25, -0.2) is 0 Å². The first-order valence-electron chi connectivity index (χ1n) is 8.92. The molecule has 2 aromatic heterocycles. The van der Waals surface area contributed by atoms with Crippen molar-refractivity contribution in [3.8, 4) is 0 Å². The Hall–Kier alpha value is -1.29. The fourth-order valence-electron chi connectivity index (χ4n) is 3.25. The molecule has 0 amide bonds. The highest BCUT2D eigenvalue weighted by Gasteiger charge is 2.20. The lowest BCUT2D eigenvalue weighted by Gasteiger charge is -2.37. The van der Waals surface area contributed by atoms with Crippen LogP contribution in [0.3, 0.4) is 0 Å². The van der Waals surface area contributed by atoms with Gasteiger partial charge < -0.3 is 15.1 Å². The topological polar surface area (TPSA) is 48.7 Å². The standard InChI is InChI=1S/C18H28N6S.HI/c1-15-14-16(2)24(21-15)8-5-7-20-18(19-3)23-11-9-22(10-12-23)17-6-4-13-25-17;/h4,6,13-14H,5,7-12H2,1-3H3,(H,19,20);1H. The first kappa shape index (κ1) is 21.0. The minimum Gasteiger partial charge on any atom is -0.360 e. The fraction of sp³-hybridized carbons (Fsp3) is 0.556. The lowest BCUT2D eigenvalue weighted by Crippen LogP contribution is -2.52. The van der Waals surface area contributed by atoms with Gasteiger partial charge in [-0.1, -0.05) is 0 Å². The number of rotatable bonds is 5. The molecule has 1 N–H and O–H groups in total. The summed E-state index contributed by atoms with van der Waals surface area (Å²) in [4.78, 5) is 9.27. The number of halogens is 1. The predicted octanol–water partition coefficient (Wildman–Crippen LogP) is 2.97. The molecule has 8 heteroatoms. The molecule has 26 heavy (non-hydrogen) atoms. The van der Waals surface area contributed by atoms with Gasteiger partial charge >= 0.3 is 0 Å². The van der Waals surface area contributed by atoms with Crippen LogP contribution in [0.25, 0.3) is 0 Å². The van der Waals surface area contributed by atoms with Crippen molar-refractivity contribution in [2.45, 2.75) is 26.8 Å². The van der Waals surface area contributed by atoms with Crippen LogP contribution < -0.4 is 10.2 Å². The summed E-state index contributed by atoms with van der Waals surface area (Å²) >= 11 is 1.82. The van der Waals surface area contributed by atoms with E-state index in [-0.39, 0.29) is 24.0 Å². The van der Waals surface area contributed by atoms with Crippen LogP contribution in [0.1, 0.15) is 17.8 Å². The summed E-state index contributed by atoms with van der Waals surface area (Å²) in [6, 6.07) is 6.45. The van der Waals surface area contributed by atoms with Crippen molar-refractivity contribution in [2.24, 2.45) is 4.99 Å². The van der Waals surface area contributed by atoms with Crippen LogP contribution in [0.15, 0.2) is 28.6 Å². The van der Waals surface area contributed by atoms with Crippen LogP contribution in [-0.4, -0.2) is 60.4 Å². The first-order chi connectivity index (χ1) is 12.2. The first-order valence-corrected chi connectivity index (χ1v) is 9.80. The van der Waals surface area contributed by atoms with Crippen molar-refractivity contribution in [1.29, 1.82) is 0 Å². The Morgan fingerprint density at radius 3 is 2.62 bits per heavy atom. The number of guanidine groups is 1. The van der Waals surface area contributed by atoms with Gasteiger partial charge in [0.15, 0.2) is 5.96 Å². The largest absolute Gasteiger partial charge is 0.360 e. The summed E-state index contributed by atoms with van der Waals surface area (Å²) in [5.41, 5.74) is 2.32. The van der Waals surface area contributed by atoms with Gasteiger partial charge in [-0.05, 0) is 43.8 Å². The highest BCUT2D eigenvalue weighted by molar-refractivity contribution is 14.0. The second-order valence-electron chi connectivity index (χ2n) is 6.40. The number of thiophene rings is 1. The Morgan fingerprint density at radius 1 is 1.27 bits per heavy atom. The molecule has 0 aromatic carbocycles. The van der Waals surface area contributed by atoms with E-state index in [4.69, 9.17) is 0 Å². The molecule has 0 radical (unpaired) electrons. The Labute approximate surface area is 177 Å². The Balaban J connectivity index is 0.00000243. The average molecular weight is 488 g/mol. The number of nitrogens with one attached hydrogen (secondary N) is 1. The molecule has 0 unspecified atom stereocenters. The van der Waals surface area contributed by atoms with Crippen molar-refractivity contribution < 1.29 is 0 Å². The van der Waals surface area contributed by atoms with E-state index in [2.05, 4.69) is 60.4 Å². The molecule has 2 aromatic rings. The molecule has 0 saturated carbocycles. The molecule has 6 nitrogen and oxygen atoms in total. The highest BCUT2D eigenvalue weighted by Crippen LogP contribution is 2.22. The molecule has 3 heterocycles. The lowest BCUT2D eigenvalue weighted by atomic mass is 10.3. The van der Waals surface area contributed by atoms with E-state index in [0.29, 0.717) is 0 Å². The number of hydrogen-bond acceptors (Lipinski definition) is 4. The molecule has 0 aliphatic carbocycles. The second kappa shape index (κ2) is 10.1. The molecule has 0 atom stereocenters. The maximum absolute atomic E-state index is 4.51. The third kappa shape index (κ3) is 5.35. The summed E-state index contributed by atoms with van der Waals surface area (Å²) in [6.45, 7) is 10.1. The van der Waals surface area contributed by atoms with E-state index in [9.17, 15) is 0 Å². The third-order valence-electron chi connectivity index (χ3n) is 4.54. The van der Waals surface area contributed by atoms with Crippen LogP contribution in [0.4, 0.5) is 5.00 Å². The van der Waals surface area contributed by atoms with Crippen molar-refractivity contribution in [3.63, 3.8) is 0 Å². The van der Waals surface area contributed by atoms with E-state index in [1.807, 2.05) is 25.3 Å². The van der Waals surface area contributed by atoms with Crippen molar-refractivity contribution in [3.05, 3.63) is 35.0 Å². The fourth-order valence-corrected chi connectivity index (χ4v) is 4.04. The summed E-state index contributed by atoms with van der Waals surface area (Å²) in [6.07, 6.45) is 1.04. The maximum Gasteiger partial charge on any atom is 0.193 e. The zero-order chi connectivity index (χ0) is 17.6. The quantitative estimate of drug-likeness (QED) is 0.305. The van der Waals surface area contributed by atoms with E-state index in [1.165, 1.54) is 10.7 Å². The summed E-state index contributed by atoms with van der Waals surface area (Å²) < 4.78 is 2.08. The molecular formula is C18H29IN6S. The molecule has 1 saturated heterocycles. The van der Waals surface area contributed by atoms with Gasteiger partial charge in [0.25, 0.3) is 0 Å². The van der Waals surface area contributed by atoms with Crippen LogP contribution in [0.2, 0.25) is 0 Å². The number of aromatic nitrogens is 2. The van der Waals surface area contributed by atoms with Gasteiger partial charge in [0.1, 0.15) is 0 Å². The number of piperazine rings is 1. The molecule has 1 aliphatic heterocycles. The second-order valence-corrected chi connectivity index (χ2v) is 7.33. The van der Waals surface area contributed by atoms with E-state index >= 15 is 0 Å². The summed E-state index contributed by atoms with van der Waals surface area (Å²) in [5, 5.41) is 11.5. The van der Waals surface area contributed by atoms with Crippen LogP contribution in [-0.2, 0) is 6.54 Å². The van der Waals surface area contributed by atoms with Crippen molar-refractivity contribution >= 4 is 46.3 Å². The van der Waals surface area contributed by atoms with Crippen LogP contribution in [0, 0.1) is 13.8 Å². The van der Waals surface area contributed by atoms with E-state index in [0.717, 1.165) is 57.3 Å². The smallest absolute Gasteiger partial charge is 0.193 e. The number of aryl methyl sites for hydroxylation is 3. The summed E-state index contributed by atoms with van der Waals surface area (Å²) in [7, 11) is 1.87. The predicted molar refractivity (Wildman–Crippen MR) is 121 cm³/mol. The zero-order valence-corrected chi connectivity index (χ0v) is 19.0. The number of aliphatic imine (C=N–C) groups is 1. The van der Waals surface area contributed by atoms with Crippen LogP contribution >= 0.6 is 35.3 Å². The molecule has 0 bridgehead atoms. The van der Waals surface area contributed by atoms with Gasteiger partial charge in [0.05, 0.1) is 10.7 Å². The normalized spacial score (nSPS) is 15.1. The molecule has 144 valence electrons. The lowest BCUT2D eigenvalue weighted by molar-refractivity contribution is 0.372. The minimum absolute atomic E-state index is 0. The zero-order valence-electron chi connectivity index (χ0n) is 15.8. The maximum atomic E-state index is 4.51. The number of nitrogens with zero attached hydrogens (tertiary/aromatic N) is 5. The van der Waals surface area contributed by atoms with Gasteiger partial charge in [0.2, 0.25) is 0 Å². The van der Waals surface area contributed by atoms with Gasteiger partial charge in [-0.15, -0.1) is 35.3 Å². The highest BCUT2D eigenvalue weighted by atomic mass is 127. The van der Waals surface area contributed by atoms with Gasteiger partial charge in [-0.2, -0.15) is 5.10 Å². The van der Waals surface area contributed by atoms with E-state index < -0.39 is 0 Å². The van der Waals surface area contributed by atoms with Gasteiger partial charge in [-0.3, -0.25) is 9.67 Å². The summed E-state index contributed by atoms with van der Waals surface area (Å²) in [5.74, 6) is 1.01. The van der Waals surface area contributed by atoms with Crippen molar-refractivity contribution in [1.82, 2.24) is 20.0 Å². The van der Waals surface area contributed by atoms with Crippen molar-refractivity contribution in [2.75, 3.05) is 44.7 Å². The molecule has 3 rings (SSSR count). The monoisotopic (exact) mass is 488 g/mol. The molecule has 1 aliphatic rings. The molecule has 0 spiro atoms. The van der Waals surface area contributed by atoms with E-state index in [1.54, 1.807) is 0 Å². The Bertz CT molecular complexity index is 689. The number of anilines is 1. The Kier molecular flexibility index (Phi) is 8.20. The number of hydrogen-bond donors (Lipinski definition) is 1. The Morgan fingerprint density at radius 2 is 2.04 bits per heavy atom.